The average molecular weight is 310 g/mol. The van der Waals surface area contributed by atoms with Crippen molar-refractivity contribution in [3.8, 4) is 11.5 Å². The van der Waals surface area contributed by atoms with Crippen molar-refractivity contribution < 1.29 is 9.47 Å². The minimum atomic E-state index is 0.465. The summed E-state index contributed by atoms with van der Waals surface area (Å²) in [7, 11) is 3.44. The summed E-state index contributed by atoms with van der Waals surface area (Å²) in [4.78, 5) is 0. The molecule has 0 atom stereocenters. The summed E-state index contributed by atoms with van der Waals surface area (Å²) in [6.07, 6.45) is 6.74. The van der Waals surface area contributed by atoms with Gasteiger partial charge in [-0.3, -0.25) is 0 Å². The normalized spacial score (nSPS) is 15.6. The Morgan fingerprint density at radius 2 is 1.13 bits per heavy atom. The molecule has 1 aliphatic carbocycles. The molecule has 0 unspecified atom stereocenters. The highest BCUT2D eigenvalue weighted by molar-refractivity contribution is 5.39. The van der Waals surface area contributed by atoms with Crippen LogP contribution >= 0.6 is 0 Å². The Hall–Kier alpha value is -1.96. The number of benzene rings is 2. The van der Waals surface area contributed by atoms with Gasteiger partial charge in [-0.25, -0.2) is 0 Å². The lowest BCUT2D eigenvalue weighted by atomic mass is 9.73. The van der Waals surface area contributed by atoms with E-state index in [1.54, 1.807) is 14.2 Å². The molecule has 0 amide bonds. The van der Waals surface area contributed by atoms with Crippen molar-refractivity contribution in [2.24, 2.45) is 5.92 Å². The highest BCUT2D eigenvalue weighted by atomic mass is 16.5. The van der Waals surface area contributed by atoms with Crippen LogP contribution in [0.15, 0.2) is 48.5 Å². The predicted octanol–water partition coefficient (Wildman–Crippen LogP) is 5.42. The van der Waals surface area contributed by atoms with E-state index in [4.69, 9.17) is 9.47 Å². The first-order valence-electron chi connectivity index (χ1n) is 8.59. The standard InChI is InChI=1S/C21H26O2/c1-22-19-12-8-17(9-13-19)21(16-6-4-3-5-7-16)18-10-14-20(23-2)15-11-18/h8-16,21H,3-7H2,1-2H3. The average Bonchev–Trinajstić information content (AvgIpc) is 2.64. The van der Waals surface area contributed by atoms with Gasteiger partial charge < -0.3 is 9.47 Å². The van der Waals surface area contributed by atoms with Gasteiger partial charge in [-0.2, -0.15) is 0 Å². The van der Waals surface area contributed by atoms with Crippen molar-refractivity contribution in [3.63, 3.8) is 0 Å². The molecule has 0 bridgehead atoms. The van der Waals surface area contributed by atoms with Crippen LogP contribution in [0, 0.1) is 5.92 Å². The highest BCUT2D eigenvalue weighted by Gasteiger charge is 2.26. The highest BCUT2D eigenvalue weighted by Crippen LogP contribution is 2.41. The summed E-state index contributed by atoms with van der Waals surface area (Å²) in [5.74, 6) is 3.04. The Balaban J connectivity index is 1.93. The first-order chi connectivity index (χ1) is 11.3. The van der Waals surface area contributed by atoms with Crippen LogP contribution in [-0.2, 0) is 0 Å². The van der Waals surface area contributed by atoms with Gasteiger partial charge in [0.15, 0.2) is 0 Å². The minimum Gasteiger partial charge on any atom is -0.497 e. The molecular formula is C21H26O2. The van der Waals surface area contributed by atoms with Gasteiger partial charge in [-0.1, -0.05) is 43.5 Å². The zero-order valence-corrected chi connectivity index (χ0v) is 14.1. The van der Waals surface area contributed by atoms with E-state index in [9.17, 15) is 0 Å². The largest absolute Gasteiger partial charge is 0.497 e. The smallest absolute Gasteiger partial charge is 0.118 e. The molecule has 122 valence electrons. The Morgan fingerprint density at radius 1 is 0.696 bits per heavy atom. The zero-order chi connectivity index (χ0) is 16.1. The monoisotopic (exact) mass is 310 g/mol. The number of hydrogen-bond acceptors (Lipinski definition) is 2. The lowest BCUT2D eigenvalue weighted by Crippen LogP contribution is -2.17. The van der Waals surface area contributed by atoms with Crippen molar-refractivity contribution >= 4 is 0 Å². The molecule has 1 fully saturated rings. The molecule has 2 heteroatoms. The molecule has 0 heterocycles. The first-order valence-corrected chi connectivity index (χ1v) is 8.59. The maximum absolute atomic E-state index is 5.31. The minimum absolute atomic E-state index is 0.465. The van der Waals surface area contributed by atoms with Crippen LogP contribution in [0.25, 0.3) is 0 Å². The van der Waals surface area contributed by atoms with Crippen LogP contribution in [0.5, 0.6) is 11.5 Å². The molecule has 2 aromatic rings. The molecular weight excluding hydrogens is 284 g/mol. The van der Waals surface area contributed by atoms with Gasteiger partial charge in [-0.05, 0) is 54.2 Å². The molecule has 0 aliphatic heterocycles. The Kier molecular flexibility index (Phi) is 5.22. The Morgan fingerprint density at radius 3 is 1.52 bits per heavy atom. The van der Waals surface area contributed by atoms with Gasteiger partial charge in [-0.15, -0.1) is 0 Å². The molecule has 23 heavy (non-hydrogen) atoms. The van der Waals surface area contributed by atoms with Crippen LogP contribution in [0.3, 0.4) is 0 Å². The predicted molar refractivity (Wildman–Crippen MR) is 94.4 cm³/mol. The van der Waals surface area contributed by atoms with Crippen LogP contribution in [0.1, 0.15) is 49.1 Å². The van der Waals surface area contributed by atoms with Crippen LogP contribution in [0.4, 0.5) is 0 Å². The number of rotatable bonds is 5. The quantitative estimate of drug-likeness (QED) is 0.734. The molecule has 0 N–H and O–H groups in total. The molecule has 0 spiro atoms. The van der Waals surface area contributed by atoms with Gasteiger partial charge in [0.2, 0.25) is 0 Å². The summed E-state index contributed by atoms with van der Waals surface area (Å²) in [6.45, 7) is 0. The molecule has 3 rings (SSSR count). The molecule has 1 aliphatic rings. The summed E-state index contributed by atoms with van der Waals surface area (Å²) in [5, 5.41) is 0. The third-order valence-corrected chi connectivity index (χ3v) is 5.07. The molecule has 2 nitrogen and oxygen atoms in total. The van der Waals surface area contributed by atoms with E-state index in [0.717, 1.165) is 17.4 Å². The third kappa shape index (κ3) is 3.69. The van der Waals surface area contributed by atoms with E-state index < -0.39 is 0 Å². The van der Waals surface area contributed by atoms with E-state index in [0.29, 0.717) is 5.92 Å². The van der Waals surface area contributed by atoms with Crippen LogP contribution in [0.2, 0.25) is 0 Å². The van der Waals surface area contributed by atoms with Crippen LogP contribution in [-0.4, -0.2) is 14.2 Å². The lowest BCUT2D eigenvalue weighted by molar-refractivity contribution is 0.327. The molecule has 0 radical (unpaired) electrons. The van der Waals surface area contributed by atoms with Crippen molar-refractivity contribution in [2.75, 3.05) is 14.2 Å². The van der Waals surface area contributed by atoms with Gasteiger partial charge >= 0.3 is 0 Å². The summed E-state index contributed by atoms with van der Waals surface area (Å²) in [5.41, 5.74) is 2.78. The van der Waals surface area contributed by atoms with Crippen molar-refractivity contribution in [1.29, 1.82) is 0 Å². The second kappa shape index (κ2) is 7.54. The van der Waals surface area contributed by atoms with Gasteiger partial charge in [0, 0.05) is 5.92 Å². The fourth-order valence-corrected chi connectivity index (χ4v) is 3.83. The summed E-state index contributed by atoms with van der Waals surface area (Å²) in [6, 6.07) is 17.2. The van der Waals surface area contributed by atoms with Crippen molar-refractivity contribution in [3.05, 3.63) is 59.7 Å². The second-order valence-electron chi connectivity index (χ2n) is 6.42. The third-order valence-electron chi connectivity index (χ3n) is 5.07. The lowest BCUT2D eigenvalue weighted by Gasteiger charge is -2.31. The maximum atomic E-state index is 5.31. The molecule has 0 aromatic heterocycles. The second-order valence-corrected chi connectivity index (χ2v) is 6.42. The van der Waals surface area contributed by atoms with E-state index in [1.807, 2.05) is 0 Å². The van der Waals surface area contributed by atoms with E-state index in [2.05, 4.69) is 48.5 Å². The molecule has 2 aromatic carbocycles. The van der Waals surface area contributed by atoms with Crippen molar-refractivity contribution in [1.82, 2.24) is 0 Å². The van der Waals surface area contributed by atoms with Crippen LogP contribution < -0.4 is 9.47 Å². The topological polar surface area (TPSA) is 18.5 Å². The van der Waals surface area contributed by atoms with Crippen molar-refractivity contribution in [2.45, 2.75) is 38.0 Å². The van der Waals surface area contributed by atoms with Gasteiger partial charge in [0.1, 0.15) is 11.5 Å². The molecule has 1 saturated carbocycles. The number of methoxy groups -OCH3 is 2. The van der Waals surface area contributed by atoms with E-state index in [-0.39, 0.29) is 0 Å². The SMILES string of the molecule is COc1ccc(C(c2ccc(OC)cc2)C2CCCCC2)cc1. The molecule has 0 saturated heterocycles. The van der Waals surface area contributed by atoms with Gasteiger partial charge in [0.25, 0.3) is 0 Å². The summed E-state index contributed by atoms with van der Waals surface area (Å²) >= 11 is 0. The fourth-order valence-electron chi connectivity index (χ4n) is 3.83. The number of ether oxygens (including phenoxy) is 2. The Bertz CT molecular complexity index is 547. The fraction of sp³-hybridized carbons (Fsp3) is 0.429. The number of hydrogen-bond donors (Lipinski definition) is 0. The van der Waals surface area contributed by atoms with Gasteiger partial charge in [0.05, 0.1) is 14.2 Å². The first kappa shape index (κ1) is 15.9. The van der Waals surface area contributed by atoms with E-state index >= 15 is 0 Å². The Labute approximate surface area is 139 Å². The maximum Gasteiger partial charge on any atom is 0.118 e. The van der Waals surface area contributed by atoms with E-state index in [1.165, 1.54) is 43.2 Å². The summed E-state index contributed by atoms with van der Waals surface area (Å²) < 4.78 is 10.6. The zero-order valence-electron chi connectivity index (χ0n) is 14.1.